The maximum atomic E-state index is 4.17. The van der Waals surface area contributed by atoms with Crippen LogP contribution in [-0.2, 0) is 0 Å². The van der Waals surface area contributed by atoms with Crippen LogP contribution in [0.25, 0.3) is 0 Å². The van der Waals surface area contributed by atoms with Gasteiger partial charge in [-0.3, -0.25) is 4.99 Å². The number of hydrogen-bond donors (Lipinski definition) is 0. The van der Waals surface area contributed by atoms with Crippen molar-refractivity contribution in [2.24, 2.45) is 4.99 Å². The minimum atomic E-state index is 0.916. The van der Waals surface area contributed by atoms with E-state index >= 15 is 0 Å². The van der Waals surface area contributed by atoms with Crippen molar-refractivity contribution in [2.75, 3.05) is 5.75 Å². The molecule has 0 aliphatic carbocycles. The van der Waals surface area contributed by atoms with Crippen molar-refractivity contribution in [3.8, 4) is 0 Å². The molecule has 0 aromatic carbocycles. The van der Waals surface area contributed by atoms with E-state index in [1.807, 2.05) is 12.6 Å². The molecular weight excluding hydrogens is 158 g/mol. The Balaban J connectivity index is 2.29. The van der Waals surface area contributed by atoms with Gasteiger partial charge in [0.2, 0.25) is 0 Å². The third-order valence-electron chi connectivity index (χ3n) is 1.30. The van der Waals surface area contributed by atoms with E-state index in [1.54, 1.807) is 18.0 Å². The van der Waals surface area contributed by atoms with Gasteiger partial charge in [0.05, 0.1) is 12.2 Å². The smallest absolute Gasteiger partial charge is 0.117 e. The molecule has 2 rings (SSSR count). The quantitative estimate of drug-likeness (QED) is 0.624. The van der Waals surface area contributed by atoms with Crippen LogP contribution >= 0.6 is 11.8 Å². The minimum absolute atomic E-state index is 0.916. The zero-order valence-corrected chi connectivity index (χ0v) is 6.58. The first-order valence-electron chi connectivity index (χ1n) is 3.25. The number of hydrogen-bond acceptors (Lipinski definition) is 4. The van der Waals surface area contributed by atoms with Crippen molar-refractivity contribution in [1.82, 2.24) is 9.97 Å². The fourth-order valence-electron chi connectivity index (χ4n) is 0.831. The Hall–Kier alpha value is -0.900. The second kappa shape index (κ2) is 3.00. The van der Waals surface area contributed by atoms with Crippen molar-refractivity contribution < 1.29 is 0 Å². The van der Waals surface area contributed by atoms with E-state index in [2.05, 4.69) is 15.0 Å². The average molecular weight is 164 g/mol. The summed E-state index contributed by atoms with van der Waals surface area (Å²) in [5.41, 5.74) is 0.916. The van der Waals surface area contributed by atoms with Crippen molar-refractivity contribution in [1.29, 1.82) is 0 Å². The van der Waals surface area contributed by atoms with Crippen molar-refractivity contribution in [3.63, 3.8) is 0 Å². The lowest BCUT2D eigenvalue weighted by Gasteiger charge is -1.94. The third kappa shape index (κ3) is 1.40. The number of nitrogens with zero attached hydrogens (tertiary/aromatic N) is 3. The molecule has 1 aliphatic rings. The molecule has 0 spiro atoms. The molecule has 0 atom stereocenters. The highest BCUT2D eigenvalue weighted by molar-refractivity contribution is 8.14. The van der Waals surface area contributed by atoms with Gasteiger partial charge in [0.15, 0.2) is 0 Å². The van der Waals surface area contributed by atoms with Gasteiger partial charge >= 0.3 is 0 Å². The van der Waals surface area contributed by atoms with Crippen LogP contribution in [-0.4, -0.2) is 20.8 Å². The van der Waals surface area contributed by atoms with E-state index in [0.29, 0.717) is 0 Å². The molecular formula is C7H6N3S. The molecule has 1 radical (unpaired) electrons. The molecule has 0 fully saturated rings. The fourth-order valence-corrected chi connectivity index (χ4v) is 1.56. The molecule has 1 aliphatic heterocycles. The summed E-state index contributed by atoms with van der Waals surface area (Å²) in [6, 6.07) is 1.87. The van der Waals surface area contributed by atoms with Gasteiger partial charge in [-0.15, -0.1) is 11.8 Å². The first-order valence-corrected chi connectivity index (χ1v) is 4.24. The topological polar surface area (TPSA) is 38.1 Å². The molecule has 0 unspecified atom stereocenters. The maximum absolute atomic E-state index is 4.17. The summed E-state index contributed by atoms with van der Waals surface area (Å²) in [7, 11) is 0. The summed E-state index contributed by atoms with van der Waals surface area (Å²) >= 11 is 1.70. The molecule has 4 heteroatoms. The summed E-state index contributed by atoms with van der Waals surface area (Å²) in [5, 5.41) is 0.993. The molecule has 0 N–H and O–H groups in total. The van der Waals surface area contributed by atoms with E-state index in [9.17, 15) is 0 Å². The second-order valence-electron chi connectivity index (χ2n) is 2.02. The third-order valence-corrected chi connectivity index (χ3v) is 2.21. The molecule has 0 amide bonds. The van der Waals surface area contributed by atoms with E-state index in [4.69, 9.17) is 0 Å². The van der Waals surface area contributed by atoms with Gasteiger partial charge in [-0.1, -0.05) is 0 Å². The number of rotatable bonds is 1. The first kappa shape index (κ1) is 6.79. The monoisotopic (exact) mass is 164 g/mol. The number of thioether (sulfide) groups is 1. The summed E-state index contributed by atoms with van der Waals surface area (Å²) in [4.78, 5) is 12.1. The summed E-state index contributed by atoms with van der Waals surface area (Å²) in [6.45, 7) is 1.89. The molecule has 1 aromatic heterocycles. The fraction of sp³-hybridized carbons (Fsp3) is 0.143. The normalized spacial score (nSPS) is 16.5. The lowest BCUT2D eigenvalue weighted by molar-refractivity contribution is 1.15. The molecule has 0 bridgehead atoms. The predicted molar refractivity (Wildman–Crippen MR) is 45.3 cm³/mol. The van der Waals surface area contributed by atoms with Crippen molar-refractivity contribution >= 4 is 16.8 Å². The van der Waals surface area contributed by atoms with Gasteiger partial charge in [-0.05, 0) is 6.07 Å². The first-order chi connectivity index (χ1) is 5.47. The van der Waals surface area contributed by atoms with Crippen LogP contribution in [0.3, 0.4) is 0 Å². The van der Waals surface area contributed by atoms with Crippen LogP contribution in [0.4, 0.5) is 0 Å². The molecule has 0 saturated heterocycles. The Morgan fingerprint density at radius 3 is 3.09 bits per heavy atom. The molecule has 11 heavy (non-hydrogen) atoms. The Labute approximate surface area is 69.0 Å². The number of aliphatic imine (C=N–C) groups is 1. The van der Waals surface area contributed by atoms with Gasteiger partial charge in [0, 0.05) is 11.9 Å². The summed E-state index contributed by atoms with van der Waals surface area (Å²) in [6.07, 6.45) is 3.26. The van der Waals surface area contributed by atoms with Crippen LogP contribution in [0.2, 0.25) is 0 Å². The second-order valence-corrected chi connectivity index (χ2v) is 3.03. The molecule has 2 heterocycles. The van der Waals surface area contributed by atoms with Crippen LogP contribution in [0.5, 0.6) is 0 Å². The predicted octanol–water partition coefficient (Wildman–Crippen LogP) is 1.13. The van der Waals surface area contributed by atoms with Gasteiger partial charge in [-0.25, -0.2) is 9.97 Å². The van der Waals surface area contributed by atoms with Crippen molar-refractivity contribution in [3.05, 3.63) is 30.8 Å². The van der Waals surface area contributed by atoms with Gasteiger partial charge in [0.1, 0.15) is 11.4 Å². The van der Waals surface area contributed by atoms with Gasteiger partial charge < -0.3 is 0 Å². The Morgan fingerprint density at radius 1 is 1.45 bits per heavy atom. The largest absolute Gasteiger partial charge is 0.270 e. The van der Waals surface area contributed by atoms with Gasteiger partial charge in [-0.2, -0.15) is 0 Å². The van der Waals surface area contributed by atoms with E-state index in [-0.39, 0.29) is 0 Å². The molecule has 55 valence electrons. The molecule has 3 nitrogen and oxygen atoms in total. The van der Waals surface area contributed by atoms with Crippen LogP contribution in [0.1, 0.15) is 5.69 Å². The zero-order chi connectivity index (χ0) is 7.52. The maximum Gasteiger partial charge on any atom is 0.117 e. The van der Waals surface area contributed by atoms with Gasteiger partial charge in [0.25, 0.3) is 0 Å². The molecule has 1 aromatic rings. The minimum Gasteiger partial charge on any atom is -0.270 e. The zero-order valence-electron chi connectivity index (χ0n) is 5.77. The highest BCUT2D eigenvalue weighted by Gasteiger charge is 2.09. The lowest BCUT2D eigenvalue weighted by atomic mass is 10.4. The van der Waals surface area contributed by atoms with Crippen molar-refractivity contribution in [2.45, 2.75) is 0 Å². The van der Waals surface area contributed by atoms with E-state index < -0.39 is 0 Å². The van der Waals surface area contributed by atoms with Crippen LogP contribution < -0.4 is 0 Å². The van der Waals surface area contributed by atoms with Crippen LogP contribution in [0.15, 0.2) is 23.6 Å². The summed E-state index contributed by atoms with van der Waals surface area (Å²) < 4.78 is 0. The van der Waals surface area contributed by atoms with E-state index in [0.717, 1.165) is 16.5 Å². The average Bonchev–Trinajstić information content (AvgIpc) is 2.58. The highest BCUT2D eigenvalue weighted by Crippen LogP contribution is 2.18. The number of aromatic nitrogens is 2. The highest BCUT2D eigenvalue weighted by atomic mass is 32.2. The Morgan fingerprint density at radius 2 is 2.45 bits per heavy atom. The Kier molecular flexibility index (Phi) is 1.85. The van der Waals surface area contributed by atoms with E-state index in [1.165, 1.54) is 6.33 Å². The summed E-state index contributed by atoms with van der Waals surface area (Å²) in [5.74, 6) is 0.958. The Bertz CT molecular complexity index is 270. The standard InChI is InChI=1S/C7H6N3S/c1-2-8-5-10-6(1)7-9-3-4-11-7/h1-3,5H,4H2. The van der Waals surface area contributed by atoms with Crippen LogP contribution in [0, 0.1) is 6.54 Å². The SMILES string of the molecule is [CH]1CSC(c2ccncn2)=N1. The lowest BCUT2D eigenvalue weighted by Crippen LogP contribution is -1.95. The molecule has 0 saturated carbocycles.